The summed E-state index contributed by atoms with van der Waals surface area (Å²) in [6, 6.07) is 1.95. The molecule has 0 fully saturated rings. The Morgan fingerprint density at radius 2 is 2.00 bits per heavy atom. The van der Waals surface area contributed by atoms with Gasteiger partial charge in [0.2, 0.25) is 11.8 Å². The Kier molecular flexibility index (Phi) is 5.17. The van der Waals surface area contributed by atoms with Crippen LogP contribution >= 0.6 is 0 Å². The fourth-order valence-electron chi connectivity index (χ4n) is 1.97. The standard InChI is InChI=1S/C14H21N5O/c1-4-12-11(9-10(3)16-17-12)14-19-18-13(20-14)7-6-8-15-5-2/h9,15H,4-8H2,1-3H3. The Hall–Kier alpha value is -1.82. The van der Waals surface area contributed by atoms with E-state index in [1.54, 1.807) is 0 Å². The minimum Gasteiger partial charge on any atom is -0.421 e. The molecule has 6 nitrogen and oxygen atoms in total. The van der Waals surface area contributed by atoms with E-state index in [9.17, 15) is 0 Å². The summed E-state index contributed by atoms with van der Waals surface area (Å²) < 4.78 is 5.73. The number of hydrogen-bond acceptors (Lipinski definition) is 6. The van der Waals surface area contributed by atoms with Gasteiger partial charge in [-0.25, -0.2) is 0 Å². The van der Waals surface area contributed by atoms with Gasteiger partial charge in [0.1, 0.15) is 0 Å². The molecule has 0 aromatic carbocycles. The normalized spacial score (nSPS) is 10.9. The monoisotopic (exact) mass is 275 g/mol. The molecule has 1 N–H and O–H groups in total. The van der Waals surface area contributed by atoms with Crippen LogP contribution < -0.4 is 5.32 Å². The van der Waals surface area contributed by atoms with Crippen molar-refractivity contribution in [2.24, 2.45) is 0 Å². The molecule has 108 valence electrons. The molecule has 0 saturated carbocycles. The highest BCUT2D eigenvalue weighted by Crippen LogP contribution is 2.22. The molecule has 0 spiro atoms. The van der Waals surface area contributed by atoms with E-state index in [0.717, 1.165) is 49.3 Å². The molecule has 0 radical (unpaired) electrons. The molecule has 2 aromatic rings. The summed E-state index contributed by atoms with van der Waals surface area (Å²) >= 11 is 0. The second kappa shape index (κ2) is 7.09. The second-order valence-corrected chi connectivity index (χ2v) is 4.66. The highest BCUT2D eigenvalue weighted by Gasteiger charge is 2.13. The van der Waals surface area contributed by atoms with Crippen LogP contribution in [0.4, 0.5) is 0 Å². The number of rotatable bonds is 7. The largest absolute Gasteiger partial charge is 0.421 e. The molecule has 0 aliphatic rings. The van der Waals surface area contributed by atoms with Gasteiger partial charge in [-0.3, -0.25) is 0 Å². The van der Waals surface area contributed by atoms with E-state index in [1.807, 2.05) is 19.9 Å². The number of aryl methyl sites for hydroxylation is 3. The van der Waals surface area contributed by atoms with Crippen LogP contribution in [-0.2, 0) is 12.8 Å². The van der Waals surface area contributed by atoms with Gasteiger partial charge >= 0.3 is 0 Å². The van der Waals surface area contributed by atoms with E-state index < -0.39 is 0 Å². The Bertz CT molecular complexity index is 552. The SMILES string of the molecule is CCNCCCc1nnc(-c2cc(C)nnc2CC)o1. The highest BCUT2D eigenvalue weighted by atomic mass is 16.4. The van der Waals surface area contributed by atoms with Crippen LogP contribution in [0.15, 0.2) is 10.5 Å². The molecule has 0 saturated heterocycles. The van der Waals surface area contributed by atoms with E-state index in [1.165, 1.54) is 0 Å². The van der Waals surface area contributed by atoms with E-state index in [0.29, 0.717) is 11.8 Å². The molecule has 0 atom stereocenters. The summed E-state index contributed by atoms with van der Waals surface area (Å²) in [6.07, 6.45) is 2.57. The van der Waals surface area contributed by atoms with Gasteiger partial charge in [0.25, 0.3) is 0 Å². The van der Waals surface area contributed by atoms with Gasteiger partial charge < -0.3 is 9.73 Å². The van der Waals surface area contributed by atoms with Crippen LogP contribution in [0.25, 0.3) is 11.5 Å². The van der Waals surface area contributed by atoms with Crippen LogP contribution in [-0.4, -0.2) is 33.5 Å². The summed E-state index contributed by atoms with van der Waals surface area (Å²) in [5.41, 5.74) is 2.63. The Labute approximate surface area is 119 Å². The molecular weight excluding hydrogens is 254 g/mol. The first-order valence-electron chi connectivity index (χ1n) is 7.11. The van der Waals surface area contributed by atoms with Crippen LogP contribution in [0.5, 0.6) is 0 Å². The zero-order valence-corrected chi connectivity index (χ0v) is 12.3. The summed E-state index contributed by atoms with van der Waals surface area (Å²) in [5.74, 6) is 1.22. The molecular formula is C14H21N5O. The minimum atomic E-state index is 0.540. The smallest absolute Gasteiger partial charge is 0.249 e. The van der Waals surface area contributed by atoms with E-state index in [-0.39, 0.29) is 0 Å². The van der Waals surface area contributed by atoms with Crippen molar-refractivity contribution in [3.05, 3.63) is 23.3 Å². The second-order valence-electron chi connectivity index (χ2n) is 4.66. The van der Waals surface area contributed by atoms with Crippen molar-refractivity contribution < 1.29 is 4.42 Å². The Morgan fingerprint density at radius 1 is 1.15 bits per heavy atom. The van der Waals surface area contributed by atoms with E-state index in [4.69, 9.17) is 4.42 Å². The quantitative estimate of drug-likeness (QED) is 0.778. The zero-order valence-electron chi connectivity index (χ0n) is 12.3. The van der Waals surface area contributed by atoms with Crippen LogP contribution in [0.3, 0.4) is 0 Å². The van der Waals surface area contributed by atoms with Gasteiger partial charge in [-0.1, -0.05) is 13.8 Å². The van der Waals surface area contributed by atoms with Crippen molar-refractivity contribution in [2.45, 2.75) is 40.0 Å². The topological polar surface area (TPSA) is 76.7 Å². The first kappa shape index (κ1) is 14.6. The first-order chi connectivity index (χ1) is 9.74. The lowest BCUT2D eigenvalue weighted by Gasteiger charge is -2.02. The van der Waals surface area contributed by atoms with Crippen molar-refractivity contribution in [1.82, 2.24) is 25.7 Å². The number of nitrogens with one attached hydrogen (secondary N) is 1. The molecule has 0 amide bonds. The van der Waals surface area contributed by atoms with Gasteiger partial charge in [-0.2, -0.15) is 10.2 Å². The maximum Gasteiger partial charge on any atom is 0.249 e. The molecule has 20 heavy (non-hydrogen) atoms. The van der Waals surface area contributed by atoms with Crippen molar-refractivity contribution in [1.29, 1.82) is 0 Å². The zero-order chi connectivity index (χ0) is 14.4. The highest BCUT2D eigenvalue weighted by molar-refractivity contribution is 5.56. The molecule has 2 aromatic heterocycles. The van der Waals surface area contributed by atoms with Crippen molar-refractivity contribution in [3.8, 4) is 11.5 Å². The molecule has 0 bridgehead atoms. The maximum absolute atomic E-state index is 5.73. The third-order valence-electron chi connectivity index (χ3n) is 3.02. The third-order valence-corrected chi connectivity index (χ3v) is 3.02. The summed E-state index contributed by atoms with van der Waals surface area (Å²) in [6.45, 7) is 7.98. The van der Waals surface area contributed by atoms with Crippen LogP contribution in [0.1, 0.15) is 37.5 Å². The van der Waals surface area contributed by atoms with Gasteiger partial charge in [0.15, 0.2) is 0 Å². The molecule has 6 heteroatoms. The Morgan fingerprint density at radius 3 is 2.75 bits per heavy atom. The molecule has 0 unspecified atom stereocenters. The molecule has 2 rings (SSSR count). The summed E-state index contributed by atoms with van der Waals surface area (Å²) in [7, 11) is 0. The lowest BCUT2D eigenvalue weighted by Crippen LogP contribution is -2.14. The summed E-state index contributed by atoms with van der Waals surface area (Å²) in [5, 5.41) is 19.8. The lowest BCUT2D eigenvalue weighted by atomic mass is 10.1. The first-order valence-corrected chi connectivity index (χ1v) is 7.11. The van der Waals surface area contributed by atoms with Gasteiger partial charge in [0.05, 0.1) is 17.0 Å². The van der Waals surface area contributed by atoms with Gasteiger partial charge in [-0.05, 0) is 38.9 Å². The van der Waals surface area contributed by atoms with E-state index >= 15 is 0 Å². The maximum atomic E-state index is 5.73. The number of hydrogen-bond donors (Lipinski definition) is 1. The third kappa shape index (κ3) is 3.60. The van der Waals surface area contributed by atoms with Crippen molar-refractivity contribution in [3.63, 3.8) is 0 Å². The minimum absolute atomic E-state index is 0.540. The van der Waals surface area contributed by atoms with Gasteiger partial charge in [-0.15, -0.1) is 10.2 Å². The number of aromatic nitrogens is 4. The van der Waals surface area contributed by atoms with Crippen LogP contribution in [0.2, 0.25) is 0 Å². The molecule has 0 aliphatic carbocycles. The van der Waals surface area contributed by atoms with Crippen molar-refractivity contribution >= 4 is 0 Å². The predicted octanol–water partition coefficient (Wildman–Crippen LogP) is 1.94. The van der Waals surface area contributed by atoms with E-state index in [2.05, 4.69) is 32.6 Å². The predicted molar refractivity (Wildman–Crippen MR) is 76.3 cm³/mol. The fraction of sp³-hybridized carbons (Fsp3) is 0.571. The lowest BCUT2D eigenvalue weighted by molar-refractivity contribution is 0.491. The number of nitrogens with zero attached hydrogens (tertiary/aromatic N) is 4. The average Bonchev–Trinajstić information content (AvgIpc) is 2.92. The van der Waals surface area contributed by atoms with Gasteiger partial charge in [0, 0.05) is 6.42 Å². The Balaban J connectivity index is 2.10. The molecule has 0 aliphatic heterocycles. The average molecular weight is 275 g/mol. The molecule has 2 heterocycles. The fourth-order valence-corrected chi connectivity index (χ4v) is 1.97. The van der Waals surface area contributed by atoms with Crippen LogP contribution in [0, 0.1) is 6.92 Å². The summed E-state index contributed by atoms with van der Waals surface area (Å²) in [4.78, 5) is 0. The van der Waals surface area contributed by atoms with Crippen molar-refractivity contribution in [2.75, 3.05) is 13.1 Å².